The summed E-state index contributed by atoms with van der Waals surface area (Å²) in [4.78, 5) is 61.4. The van der Waals surface area contributed by atoms with Crippen LogP contribution in [0.5, 0.6) is 0 Å². The molecule has 0 aromatic heterocycles. The van der Waals surface area contributed by atoms with Crippen molar-refractivity contribution in [2.45, 2.75) is 12.5 Å². The molecule has 0 spiro atoms. The van der Waals surface area contributed by atoms with Gasteiger partial charge in [-0.15, -0.1) is 0 Å². The normalized spacial score (nSPS) is 12.6. The fourth-order valence-electron chi connectivity index (χ4n) is 0.898. The summed E-state index contributed by atoms with van der Waals surface area (Å²) in [6.45, 7) is 0.465. The van der Waals surface area contributed by atoms with Crippen molar-refractivity contribution in [1.29, 1.82) is 0 Å². The first-order chi connectivity index (χ1) is 8.81. The Morgan fingerprint density at radius 3 is 1.36 bits per heavy atom. The Morgan fingerprint density at radius 2 is 1.23 bits per heavy atom. The Balaban J connectivity index is -0.000000124. The number of hydrogen-bond acceptors (Lipinski definition) is 10. The average Bonchev–Trinajstić information content (AvgIpc) is 1.88. The summed E-state index contributed by atoms with van der Waals surface area (Å²) in [6.07, 6.45) is -0.914. The first-order valence-corrected chi connectivity index (χ1v) is 7.90. The SMILES string of the molecule is C[N+](C)(C)CC(O)CC(=O)O.O=P([O-])([O-])[O-].O=P([O-])([O-])[O-].[Ca+2]. The Hall–Kier alpha value is 0.870. The van der Waals surface area contributed by atoms with Crippen LogP contribution in [0.25, 0.3) is 0 Å². The molecule has 2 N–H and O–H groups in total. The first-order valence-electron chi connectivity index (χ1n) is 4.97. The molecule has 0 aliphatic heterocycles. The summed E-state index contributed by atoms with van der Waals surface area (Å²) in [5.41, 5.74) is 0. The second kappa shape index (κ2) is 13.2. The van der Waals surface area contributed by atoms with Gasteiger partial charge in [-0.25, -0.2) is 0 Å². The smallest absolute Gasteiger partial charge is 0.822 e. The van der Waals surface area contributed by atoms with Crippen LogP contribution in [-0.4, -0.2) is 92.2 Å². The molecule has 0 rings (SSSR count). The molecule has 0 fully saturated rings. The van der Waals surface area contributed by atoms with Gasteiger partial charge < -0.3 is 53.2 Å². The maximum Gasteiger partial charge on any atom is 2.00 e. The van der Waals surface area contributed by atoms with E-state index in [0.717, 1.165) is 0 Å². The number of rotatable bonds is 4. The van der Waals surface area contributed by atoms with Crippen LogP contribution >= 0.6 is 15.6 Å². The monoisotopic (exact) mass is 392 g/mol. The standard InChI is InChI=1S/C7H15NO3.Ca.2H3O4P/c1-8(2,3)5-6(9)4-7(10)11;;2*1-5(2,3)4/h6,9H,4-5H2,1-3H3;;2*(H3,1,2,3,4)/q;+2;;/p-5. The van der Waals surface area contributed by atoms with Gasteiger partial charge in [-0.2, -0.15) is 15.6 Å². The van der Waals surface area contributed by atoms with Crippen molar-refractivity contribution in [1.82, 2.24) is 0 Å². The van der Waals surface area contributed by atoms with Gasteiger partial charge in [-0.05, 0) is 0 Å². The van der Waals surface area contributed by atoms with Crippen LogP contribution in [0.3, 0.4) is 0 Å². The van der Waals surface area contributed by atoms with Crippen molar-refractivity contribution in [2.75, 3.05) is 27.7 Å². The van der Waals surface area contributed by atoms with E-state index in [9.17, 15) is 4.79 Å². The number of aliphatic hydroxyl groups is 1. The molecule has 0 aromatic rings. The molecule has 0 aliphatic carbocycles. The summed E-state index contributed by atoms with van der Waals surface area (Å²) < 4.78 is 17.7. The number of quaternary nitrogens is 1. The molecule has 0 radical (unpaired) electrons. The summed E-state index contributed by atoms with van der Waals surface area (Å²) in [5, 5.41) is 17.5. The summed E-state index contributed by atoms with van der Waals surface area (Å²) in [7, 11) is -5.05. The molecular formula is C7H16CaNO11P2-3. The van der Waals surface area contributed by atoms with Crippen molar-refractivity contribution >= 4 is 59.4 Å². The van der Waals surface area contributed by atoms with E-state index < -0.39 is 27.7 Å². The fourth-order valence-corrected chi connectivity index (χ4v) is 0.898. The fraction of sp³-hybridized carbons (Fsp3) is 0.857. The van der Waals surface area contributed by atoms with Crippen LogP contribution < -0.4 is 29.4 Å². The van der Waals surface area contributed by atoms with Crippen LogP contribution in [-0.2, 0) is 13.9 Å². The minimum Gasteiger partial charge on any atom is -0.822 e. The zero-order chi connectivity index (χ0) is 18.1. The predicted octanol–water partition coefficient (Wildman–Crippen LogP) is -6.50. The van der Waals surface area contributed by atoms with E-state index in [1.807, 2.05) is 21.1 Å². The van der Waals surface area contributed by atoms with Gasteiger partial charge in [0.1, 0.15) is 12.6 Å². The van der Waals surface area contributed by atoms with E-state index in [1.54, 1.807) is 0 Å². The molecule has 1 unspecified atom stereocenters. The van der Waals surface area contributed by atoms with Crippen molar-refractivity contribution in [3.63, 3.8) is 0 Å². The number of aliphatic hydroxyl groups excluding tert-OH is 1. The Morgan fingerprint density at radius 1 is 1.00 bits per heavy atom. The number of hydrogen-bond donors (Lipinski definition) is 2. The zero-order valence-corrected chi connectivity index (χ0v) is 16.1. The molecule has 15 heteroatoms. The zero-order valence-electron chi connectivity index (χ0n) is 12.1. The van der Waals surface area contributed by atoms with E-state index >= 15 is 0 Å². The van der Waals surface area contributed by atoms with Crippen molar-refractivity contribution in [3.05, 3.63) is 0 Å². The molecule has 130 valence electrons. The second-order valence-corrected chi connectivity index (χ2v) is 6.41. The maximum absolute atomic E-state index is 10.1. The van der Waals surface area contributed by atoms with Gasteiger partial charge in [0.25, 0.3) is 0 Å². The predicted molar refractivity (Wildman–Crippen MR) is 62.1 cm³/mol. The van der Waals surface area contributed by atoms with Gasteiger partial charge in [-0.1, -0.05) is 0 Å². The molecule has 0 aliphatic rings. The molecule has 0 saturated heterocycles. The average molecular weight is 392 g/mol. The van der Waals surface area contributed by atoms with Crippen LogP contribution in [0.4, 0.5) is 0 Å². The number of carboxylic acids is 1. The molecule has 0 aromatic carbocycles. The largest absolute Gasteiger partial charge is 2.00 e. The molecule has 0 bridgehead atoms. The maximum atomic E-state index is 10.1. The van der Waals surface area contributed by atoms with E-state index in [0.29, 0.717) is 11.0 Å². The number of nitrogens with zero attached hydrogens (tertiary/aromatic N) is 1. The quantitative estimate of drug-likeness (QED) is 0.259. The number of carboxylic acid groups (broad SMARTS) is 1. The number of likely N-dealkylation sites (N-methyl/N-ethyl adjacent to an activating group) is 1. The Labute approximate surface area is 157 Å². The number of phosphoric acid groups is 2. The third-order valence-corrected chi connectivity index (χ3v) is 1.17. The van der Waals surface area contributed by atoms with Gasteiger partial charge in [0, 0.05) is 0 Å². The Bertz CT molecular complexity index is 350. The molecule has 1 atom stereocenters. The van der Waals surface area contributed by atoms with Gasteiger partial charge in [0.05, 0.1) is 27.6 Å². The van der Waals surface area contributed by atoms with Crippen molar-refractivity contribution in [2.24, 2.45) is 0 Å². The molecule has 0 heterocycles. The number of aliphatic carboxylic acids is 1. The van der Waals surface area contributed by atoms with Crippen molar-refractivity contribution in [3.8, 4) is 0 Å². The third kappa shape index (κ3) is 84.6. The van der Waals surface area contributed by atoms with E-state index in [1.165, 1.54) is 0 Å². The topological polar surface area (TPSA) is 230 Å². The van der Waals surface area contributed by atoms with Crippen LogP contribution in [0.2, 0.25) is 0 Å². The molecule has 0 amide bonds. The van der Waals surface area contributed by atoms with E-state index in [4.69, 9.17) is 48.7 Å². The summed E-state index contributed by atoms with van der Waals surface area (Å²) in [5.74, 6) is -0.953. The van der Waals surface area contributed by atoms with E-state index in [2.05, 4.69) is 0 Å². The summed E-state index contributed by atoms with van der Waals surface area (Å²) in [6, 6.07) is 0. The third-order valence-electron chi connectivity index (χ3n) is 1.17. The minimum absolute atomic E-state index is 0. The number of carbonyl (C=O) groups is 1. The summed E-state index contributed by atoms with van der Waals surface area (Å²) >= 11 is 0. The molecular weight excluding hydrogens is 376 g/mol. The molecule has 12 nitrogen and oxygen atoms in total. The van der Waals surface area contributed by atoms with Crippen LogP contribution in [0.1, 0.15) is 6.42 Å². The second-order valence-electron chi connectivity index (χ2n) is 4.62. The Kier molecular flexibility index (Phi) is 18.4. The van der Waals surface area contributed by atoms with Gasteiger partial charge in [-0.3, -0.25) is 4.79 Å². The van der Waals surface area contributed by atoms with E-state index in [-0.39, 0.29) is 44.2 Å². The van der Waals surface area contributed by atoms with Crippen LogP contribution in [0, 0.1) is 0 Å². The van der Waals surface area contributed by atoms with Gasteiger partial charge >= 0.3 is 43.7 Å². The van der Waals surface area contributed by atoms with Crippen LogP contribution in [0.15, 0.2) is 0 Å². The molecule has 22 heavy (non-hydrogen) atoms. The van der Waals surface area contributed by atoms with Gasteiger partial charge in [0.15, 0.2) is 0 Å². The minimum atomic E-state index is -5.39. The molecule has 0 saturated carbocycles. The van der Waals surface area contributed by atoms with Crippen molar-refractivity contribution < 1.29 is 58.0 Å². The first kappa shape index (κ1) is 30.7. The van der Waals surface area contributed by atoms with Gasteiger partial charge in [0.2, 0.25) is 0 Å².